The van der Waals surface area contributed by atoms with E-state index >= 15 is 0 Å². The summed E-state index contributed by atoms with van der Waals surface area (Å²) in [4.78, 5) is 17.6. The van der Waals surface area contributed by atoms with E-state index in [1.807, 2.05) is 30.3 Å². The van der Waals surface area contributed by atoms with Gasteiger partial charge in [0.1, 0.15) is 18.1 Å². The molecule has 27 heavy (non-hydrogen) atoms. The molecule has 0 spiro atoms. The standard InChI is InChI=1S/C21H17FN2O3/c22-17-8-6-14(7-9-17)10-15-11-18-20(23-12-15)27-13-19(24(18)21(25)26)16-4-2-1-3-5-16/h1-9,11-12,19H,10,13H2,(H,25,26). The van der Waals surface area contributed by atoms with Crippen LogP contribution in [0.3, 0.4) is 0 Å². The van der Waals surface area contributed by atoms with Crippen molar-refractivity contribution < 1.29 is 19.0 Å². The highest BCUT2D eigenvalue weighted by Gasteiger charge is 2.34. The predicted octanol–water partition coefficient (Wildman–Crippen LogP) is 4.43. The summed E-state index contributed by atoms with van der Waals surface area (Å²) in [6.45, 7) is 0.202. The molecule has 1 amide bonds. The zero-order valence-electron chi connectivity index (χ0n) is 14.4. The molecule has 1 unspecified atom stereocenters. The number of halogens is 1. The van der Waals surface area contributed by atoms with Crippen molar-refractivity contribution in [2.45, 2.75) is 12.5 Å². The molecule has 1 aliphatic rings. The van der Waals surface area contributed by atoms with Gasteiger partial charge in [-0.05, 0) is 41.3 Å². The molecule has 6 heteroatoms. The van der Waals surface area contributed by atoms with Crippen LogP contribution >= 0.6 is 0 Å². The number of benzene rings is 2. The van der Waals surface area contributed by atoms with Crippen molar-refractivity contribution in [3.05, 3.63) is 89.4 Å². The van der Waals surface area contributed by atoms with Gasteiger partial charge >= 0.3 is 6.09 Å². The molecule has 0 radical (unpaired) electrons. The van der Waals surface area contributed by atoms with Gasteiger partial charge in [0.2, 0.25) is 5.88 Å². The second-order valence-corrected chi connectivity index (χ2v) is 6.36. The van der Waals surface area contributed by atoms with E-state index in [2.05, 4.69) is 4.98 Å². The number of hydrogen-bond donors (Lipinski definition) is 1. The van der Waals surface area contributed by atoms with Crippen molar-refractivity contribution in [1.82, 2.24) is 4.98 Å². The van der Waals surface area contributed by atoms with E-state index < -0.39 is 12.1 Å². The molecule has 1 N–H and O–H groups in total. The van der Waals surface area contributed by atoms with Crippen LogP contribution in [0.5, 0.6) is 5.88 Å². The normalized spacial score (nSPS) is 15.7. The largest absolute Gasteiger partial charge is 0.474 e. The van der Waals surface area contributed by atoms with E-state index in [0.29, 0.717) is 18.0 Å². The van der Waals surface area contributed by atoms with Gasteiger partial charge in [0.25, 0.3) is 0 Å². The van der Waals surface area contributed by atoms with Crippen LogP contribution in [0.1, 0.15) is 22.7 Å². The Morgan fingerprint density at radius 2 is 1.89 bits per heavy atom. The number of rotatable bonds is 3. The predicted molar refractivity (Wildman–Crippen MR) is 98.6 cm³/mol. The van der Waals surface area contributed by atoms with Crippen molar-refractivity contribution in [2.24, 2.45) is 0 Å². The van der Waals surface area contributed by atoms with Crippen molar-refractivity contribution in [2.75, 3.05) is 11.5 Å². The van der Waals surface area contributed by atoms with Gasteiger partial charge in [-0.3, -0.25) is 4.90 Å². The van der Waals surface area contributed by atoms with E-state index in [4.69, 9.17) is 4.74 Å². The lowest BCUT2D eigenvalue weighted by atomic mass is 10.0. The summed E-state index contributed by atoms with van der Waals surface area (Å²) in [6.07, 6.45) is 1.11. The number of pyridine rings is 1. The fraction of sp³-hybridized carbons (Fsp3) is 0.143. The van der Waals surface area contributed by atoms with Gasteiger partial charge in [-0.2, -0.15) is 0 Å². The van der Waals surface area contributed by atoms with Crippen LogP contribution in [0.25, 0.3) is 0 Å². The Morgan fingerprint density at radius 3 is 2.59 bits per heavy atom. The monoisotopic (exact) mass is 364 g/mol. The minimum absolute atomic E-state index is 0.202. The smallest absolute Gasteiger partial charge is 0.412 e. The van der Waals surface area contributed by atoms with Gasteiger partial charge in [0, 0.05) is 6.20 Å². The molecule has 136 valence electrons. The summed E-state index contributed by atoms with van der Waals surface area (Å²) >= 11 is 0. The summed E-state index contributed by atoms with van der Waals surface area (Å²) in [5.74, 6) is 0.00547. The minimum atomic E-state index is -1.06. The Morgan fingerprint density at radius 1 is 1.15 bits per heavy atom. The van der Waals surface area contributed by atoms with Crippen molar-refractivity contribution >= 4 is 11.8 Å². The van der Waals surface area contributed by atoms with E-state index in [9.17, 15) is 14.3 Å². The van der Waals surface area contributed by atoms with Gasteiger partial charge in [0.05, 0.1) is 6.04 Å². The number of fused-ring (bicyclic) bond motifs is 1. The van der Waals surface area contributed by atoms with E-state index in [-0.39, 0.29) is 12.4 Å². The summed E-state index contributed by atoms with van der Waals surface area (Å²) in [6, 6.07) is 16.9. The molecule has 0 saturated carbocycles. The number of ether oxygens (including phenoxy) is 1. The Balaban J connectivity index is 1.69. The highest BCUT2D eigenvalue weighted by atomic mass is 19.1. The molecule has 0 saturated heterocycles. The molecule has 4 rings (SSSR count). The molecule has 1 aromatic heterocycles. The first-order valence-electron chi connectivity index (χ1n) is 8.55. The Bertz CT molecular complexity index is 961. The van der Waals surface area contributed by atoms with Gasteiger partial charge in [-0.25, -0.2) is 14.2 Å². The molecule has 1 aliphatic heterocycles. The third-order valence-electron chi connectivity index (χ3n) is 4.55. The molecule has 5 nitrogen and oxygen atoms in total. The summed E-state index contributed by atoms with van der Waals surface area (Å²) in [5, 5.41) is 9.83. The van der Waals surface area contributed by atoms with E-state index in [0.717, 1.165) is 16.7 Å². The van der Waals surface area contributed by atoms with Crippen LogP contribution in [0.2, 0.25) is 0 Å². The van der Waals surface area contributed by atoms with Crippen LogP contribution in [-0.4, -0.2) is 22.8 Å². The lowest BCUT2D eigenvalue weighted by Crippen LogP contribution is -2.40. The topological polar surface area (TPSA) is 62.7 Å². The number of carboxylic acid groups (broad SMARTS) is 1. The molecule has 3 aromatic rings. The van der Waals surface area contributed by atoms with Crippen LogP contribution < -0.4 is 9.64 Å². The molecular weight excluding hydrogens is 347 g/mol. The summed E-state index contributed by atoms with van der Waals surface area (Å²) in [7, 11) is 0. The quantitative estimate of drug-likeness (QED) is 0.747. The zero-order chi connectivity index (χ0) is 18.8. The lowest BCUT2D eigenvalue weighted by molar-refractivity contribution is 0.186. The van der Waals surface area contributed by atoms with Gasteiger partial charge < -0.3 is 9.84 Å². The maximum atomic E-state index is 13.1. The molecule has 0 bridgehead atoms. The van der Waals surface area contributed by atoms with Crippen molar-refractivity contribution in [3.8, 4) is 5.88 Å². The van der Waals surface area contributed by atoms with E-state index in [1.165, 1.54) is 17.0 Å². The van der Waals surface area contributed by atoms with E-state index in [1.54, 1.807) is 24.4 Å². The number of hydrogen-bond acceptors (Lipinski definition) is 3. The average molecular weight is 364 g/mol. The SMILES string of the molecule is O=C(O)N1c2cc(Cc3ccc(F)cc3)cnc2OCC1c1ccccc1. The number of anilines is 1. The van der Waals surface area contributed by atoms with Crippen LogP contribution in [-0.2, 0) is 6.42 Å². The first-order chi connectivity index (χ1) is 13.1. The Hall–Kier alpha value is -3.41. The molecule has 2 heterocycles. The Labute approximate surface area is 155 Å². The van der Waals surface area contributed by atoms with Crippen LogP contribution in [0, 0.1) is 5.82 Å². The first kappa shape index (κ1) is 17.0. The number of carbonyl (C=O) groups is 1. The van der Waals surface area contributed by atoms with Crippen molar-refractivity contribution in [1.29, 1.82) is 0 Å². The molecular formula is C21H17FN2O3. The summed E-state index contributed by atoms with van der Waals surface area (Å²) in [5.41, 5.74) is 3.01. The third-order valence-corrected chi connectivity index (χ3v) is 4.55. The second-order valence-electron chi connectivity index (χ2n) is 6.36. The molecule has 1 atom stereocenters. The first-order valence-corrected chi connectivity index (χ1v) is 8.55. The average Bonchev–Trinajstić information content (AvgIpc) is 2.69. The number of aromatic nitrogens is 1. The maximum absolute atomic E-state index is 13.1. The van der Waals surface area contributed by atoms with Crippen LogP contribution in [0.4, 0.5) is 14.9 Å². The van der Waals surface area contributed by atoms with Gasteiger partial charge in [-0.15, -0.1) is 0 Å². The highest BCUT2D eigenvalue weighted by Crippen LogP contribution is 2.38. The fourth-order valence-electron chi connectivity index (χ4n) is 3.26. The highest BCUT2D eigenvalue weighted by molar-refractivity contribution is 5.89. The minimum Gasteiger partial charge on any atom is -0.474 e. The molecule has 0 fully saturated rings. The molecule has 2 aromatic carbocycles. The summed E-state index contributed by atoms with van der Waals surface area (Å²) < 4.78 is 18.8. The maximum Gasteiger partial charge on any atom is 0.412 e. The van der Waals surface area contributed by atoms with Crippen LogP contribution in [0.15, 0.2) is 66.9 Å². The third kappa shape index (κ3) is 3.46. The van der Waals surface area contributed by atoms with Gasteiger partial charge in [0.15, 0.2) is 0 Å². The zero-order valence-corrected chi connectivity index (χ0v) is 14.4. The molecule has 0 aliphatic carbocycles. The fourth-order valence-corrected chi connectivity index (χ4v) is 3.26. The Kier molecular flexibility index (Phi) is 4.46. The number of amides is 1. The van der Waals surface area contributed by atoms with Crippen molar-refractivity contribution in [3.63, 3.8) is 0 Å². The lowest BCUT2D eigenvalue weighted by Gasteiger charge is -2.34. The van der Waals surface area contributed by atoms with Gasteiger partial charge in [-0.1, -0.05) is 42.5 Å². The number of nitrogens with zero attached hydrogens (tertiary/aromatic N) is 2. The second kappa shape index (κ2) is 7.07.